The number of hydrogen-bond donors (Lipinski definition) is 4. The Hall–Kier alpha value is -3.39. The van der Waals surface area contributed by atoms with E-state index in [2.05, 4.69) is 45.1 Å². The summed E-state index contributed by atoms with van der Waals surface area (Å²) < 4.78 is 0. The van der Waals surface area contributed by atoms with Gasteiger partial charge in [-0.25, -0.2) is 9.97 Å². The summed E-state index contributed by atoms with van der Waals surface area (Å²) in [4.78, 5) is 63.7. The lowest BCUT2D eigenvalue weighted by atomic mass is 10.0. The van der Waals surface area contributed by atoms with E-state index in [-0.39, 0.29) is 66.4 Å². The first kappa shape index (κ1) is 36.4. The number of rotatable bonds is 7. The molecule has 1 aliphatic carbocycles. The summed E-state index contributed by atoms with van der Waals surface area (Å²) in [5.74, 6) is -0.472. The van der Waals surface area contributed by atoms with Crippen LogP contribution in [0.3, 0.4) is 0 Å². The van der Waals surface area contributed by atoms with Gasteiger partial charge in [-0.3, -0.25) is 19.2 Å². The van der Waals surface area contributed by atoms with Gasteiger partial charge in [0.25, 0.3) is 11.8 Å². The van der Waals surface area contributed by atoms with Gasteiger partial charge in [-0.1, -0.05) is 44.2 Å². The molecule has 1 unspecified atom stereocenters. The molecule has 11 nitrogen and oxygen atoms in total. The zero-order valence-electron chi connectivity index (χ0n) is 26.8. The molecule has 2 aromatic heterocycles. The van der Waals surface area contributed by atoms with Crippen molar-refractivity contribution in [3.05, 3.63) is 68.1 Å². The van der Waals surface area contributed by atoms with Crippen LogP contribution in [0.25, 0.3) is 0 Å². The van der Waals surface area contributed by atoms with Gasteiger partial charge >= 0.3 is 0 Å². The summed E-state index contributed by atoms with van der Waals surface area (Å²) in [6.07, 6.45) is 4.69. The normalized spacial score (nSPS) is 20.0. The minimum absolute atomic E-state index is 0. The number of benzene rings is 1. The Morgan fingerprint density at radius 3 is 2.28 bits per heavy atom. The van der Waals surface area contributed by atoms with Gasteiger partial charge in [0, 0.05) is 42.9 Å². The van der Waals surface area contributed by atoms with Crippen molar-refractivity contribution in [2.45, 2.75) is 76.9 Å². The molecule has 2 atom stereocenters. The highest BCUT2D eigenvalue weighted by atomic mass is 35.5. The predicted molar refractivity (Wildman–Crippen MR) is 186 cm³/mol. The molecule has 14 heteroatoms. The fourth-order valence-electron chi connectivity index (χ4n) is 5.33. The molecule has 3 aromatic rings. The Kier molecular flexibility index (Phi) is 13.7. The number of aromatic nitrogens is 2. The van der Waals surface area contributed by atoms with E-state index in [1.54, 1.807) is 15.7 Å². The van der Waals surface area contributed by atoms with Crippen LogP contribution >= 0.6 is 35.1 Å². The van der Waals surface area contributed by atoms with E-state index in [1.807, 2.05) is 30.3 Å². The van der Waals surface area contributed by atoms with Crippen molar-refractivity contribution in [3.8, 4) is 0 Å². The molecule has 1 aliphatic heterocycles. The van der Waals surface area contributed by atoms with Gasteiger partial charge < -0.3 is 26.2 Å². The topological polar surface area (TPSA) is 145 Å². The van der Waals surface area contributed by atoms with Gasteiger partial charge in [-0.05, 0) is 50.0 Å². The number of thiazole rings is 2. The van der Waals surface area contributed by atoms with Crippen LogP contribution in [-0.4, -0.2) is 70.7 Å². The molecule has 1 aromatic carbocycles. The van der Waals surface area contributed by atoms with Crippen molar-refractivity contribution in [2.24, 2.45) is 5.92 Å². The standard InChI is InChI=1S/C33H43N7O4S2.ClH/c1-21(2)16-24-32-39-27(20-46-32)31(44)37-25(17-22-8-4-3-5-9-22)33-38-26(19-45-33)30(43)34-13-7-15-40(14-6-10-28(41)36-24)29(42)18-35-23-11-12-23;/h3-5,8-9,19-21,23-25,35H,6-7,10-18H2,1-2H3,(H,34,43)(H,36,41)(H,37,44);1H/t24?,25-;/m0./s1. The Morgan fingerprint density at radius 2 is 1.60 bits per heavy atom. The lowest BCUT2D eigenvalue weighted by Crippen LogP contribution is -2.41. The highest BCUT2D eigenvalue weighted by molar-refractivity contribution is 7.10. The van der Waals surface area contributed by atoms with Crippen LogP contribution in [0.1, 0.15) is 101 Å². The van der Waals surface area contributed by atoms with Crippen molar-refractivity contribution in [1.29, 1.82) is 0 Å². The number of nitrogens with one attached hydrogen (secondary N) is 4. The number of amides is 4. The maximum Gasteiger partial charge on any atom is 0.271 e. The number of nitrogens with zero attached hydrogens (tertiary/aromatic N) is 3. The first-order valence-corrected chi connectivity index (χ1v) is 17.9. The summed E-state index contributed by atoms with van der Waals surface area (Å²) in [7, 11) is 0. The molecule has 2 aliphatic rings. The Balaban J connectivity index is 0.00000500. The third-order valence-electron chi connectivity index (χ3n) is 7.93. The van der Waals surface area contributed by atoms with Crippen LogP contribution < -0.4 is 21.3 Å². The van der Waals surface area contributed by atoms with E-state index in [0.717, 1.165) is 18.4 Å². The van der Waals surface area contributed by atoms with Crippen LogP contribution in [0.15, 0.2) is 41.1 Å². The monoisotopic (exact) mass is 701 g/mol. The fraction of sp³-hybridized carbons (Fsp3) is 0.515. The second-order valence-electron chi connectivity index (χ2n) is 12.4. The zero-order valence-corrected chi connectivity index (χ0v) is 29.3. The molecule has 1 saturated carbocycles. The van der Waals surface area contributed by atoms with E-state index >= 15 is 0 Å². The molecule has 4 amide bonds. The Labute approximate surface area is 290 Å². The molecule has 47 heavy (non-hydrogen) atoms. The molecule has 0 radical (unpaired) electrons. The van der Waals surface area contributed by atoms with Crippen LogP contribution in [0.2, 0.25) is 0 Å². The van der Waals surface area contributed by atoms with Gasteiger partial charge in [0.15, 0.2) is 0 Å². The van der Waals surface area contributed by atoms with Crippen molar-refractivity contribution in [2.75, 3.05) is 26.2 Å². The van der Waals surface area contributed by atoms with Gasteiger partial charge in [-0.2, -0.15) is 0 Å². The van der Waals surface area contributed by atoms with Crippen molar-refractivity contribution in [3.63, 3.8) is 0 Å². The number of carbonyl (C=O) groups excluding carboxylic acids is 4. The van der Waals surface area contributed by atoms with Gasteiger partial charge in [-0.15, -0.1) is 35.1 Å². The molecule has 4 N–H and O–H groups in total. The average molecular weight is 702 g/mol. The molecular formula is C33H44ClN7O4S2. The Bertz CT molecular complexity index is 1490. The quantitative estimate of drug-likeness (QED) is 0.285. The predicted octanol–water partition coefficient (Wildman–Crippen LogP) is 4.43. The molecule has 3 heterocycles. The highest BCUT2D eigenvalue weighted by Crippen LogP contribution is 2.27. The average Bonchev–Trinajstić information content (AvgIpc) is 3.49. The second kappa shape index (κ2) is 17.7. The van der Waals surface area contributed by atoms with E-state index < -0.39 is 6.04 Å². The summed E-state index contributed by atoms with van der Waals surface area (Å²) in [6.45, 7) is 5.73. The second-order valence-corrected chi connectivity index (χ2v) is 14.1. The number of halogens is 1. The van der Waals surface area contributed by atoms with Crippen molar-refractivity contribution >= 4 is 58.7 Å². The third-order valence-corrected chi connectivity index (χ3v) is 9.85. The smallest absolute Gasteiger partial charge is 0.271 e. The van der Waals surface area contributed by atoms with Crippen LogP contribution in [-0.2, 0) is 16.0 Å². The first-order chi connectivity index (χ1) is 22.2. The summed E-state index contributed by atoms with van der Waals surface area (Å²) in [6, 6.07) is 9.42. The van der Waals surface area contributed by atoms with Gasteiger partial charge in [0.2, 0.25) is 11.8 Å². The Morgan fingerprint density at radius 1 is 0.936 bits per heavy atom. The van der Waals surface area contributed by atoms with E-state index in [1.165, 1.54) is 22.7 Å². The maximum absolute atomic E-state index is 13.5. The summed E-state index contributed by atoms with van der Waals surface area (Å²) in [5, 5.41) is 17.2. The van der Waals surface area contributed by atoms with E-state index in [0.29, 0.717) is 67.3 Å². The van der Waals surface area contributed by atoms with Crippen molar-refractivity contribution in [1.82, 2.24) is 36.1 Å². The lowest BCUT2D eigenvalue weighted by molar-refractivity contribution is -0.131. The number of fused-ring (bicyclic) bond motifs is 4. The molecule has 5 rings (SSSR count). The van der Waals surface area contributed by atoms with Gasteiger partial charge in [0.1, 0.15) is 21.4 Å². The first-order valence-electron chi connectivity index (χ1n) is 16.1. The van der Waals surface area contributed by atoms with Crippen molar-refractivity contribution < 1.29 is 19.2 Å². The van der Waals surface area contributed by atoms with E-state index in [4.69, 9.17) is 0 Å². The maximum atomic E-state index is 13.5. The molecular weight excluding hydrogens is 658 g/mol. The molecule has 1 fully saturated rings. The minimum atomic E-state index is -0.476. The van der Waals surface area contributed by atoms with Crippen LogP contribution in [0, 0.1) is 5.92 Å². The SMILES string of the molecule is CC(C)CC1NC(=O)CCCN(C(=O)CNC2CC2)CCCNC(=O)c2csc(n2)[C@H](Cc2ccccc2)NC(=O)c2csc1n2.Cl. The fourth-order valence-corrected chi connectivity index (χ4v) is 7.04. The number of carbonyl (C=O) groups is 4. The lowest BCUT2D eigenvalue weighted by Gasteiger charge is -2.23. The molecule has 254 valence electrons. The molecule has 4 bridgehead atoms. The number of hydrogen-bond acceptors (Lipinski definition) is 9. The largest absolute Gasteiger partial charge is 0.351 e. The molecule has 0 spiro atoms. The minimum Gasteiger partial charge on any atom is -0.351 e. The summed E-state index contributed by atoms with van der Waals surface area (Å²) >= 11 is 2.68. The summed E-state index contributed by atoms with van der Waals surface area (Å²) in [5.41, 5.74) is 1.58. The zero-order chi connectivity index (χ0) is 32.5. The van der Waals surface area contributed by atoms with Crippen LogP contribution in [0.5, 0.6) is 0 Å². The van der Waals surface area contributed by atoms with E-state index in [9.17, 15) is 19.2 Å². The van der Waals surface area contributed by atoms with Crippen LogP contribution in [0.4, 0.5) is 0 Å². The highest BCUT2D eigenvalue weighted by Gasteiger charge is 2.26. The third kappa shape index (κ3) is 11.1. The van der Waals surface area contributed by atoms with Gasteiger partial charge in [0.05, 0.1) is 18.6 Å². The molecule has 0 saturated heterocycles.